The van der Waals surface area contributed by atoms with Crippen molar-refractivity contribution in [1.82, 2.24) is 0 Å². The highest BCUT2D eigenvalue weighted by Crippen LogP contribution is 2.26. The minimum Gasteiger partial charge on any atom is -0.469 e. The molecule has 0 bridgehead atoms. The van der Waals surface area contributed by atoms with Gasteiger partial charge < -0.3 is 9.15 Å². The second-order valence-electron chi connectivity index (χ2n) is 3.63. The van der Waals surface area contributed by atoms with Crippen LogP contribution in [0.3, 0.4) is 0 Å². The highest BCUT2D eigenvalue weighted by atomic mass is 19.2. The van der Waals surface area contributed by atoms with Gasteiger partial charge in [0.2, 0.25) is 0 Å². The zero-order valence-electron chi connectivity index (χ0n) is 9.57. The van der Waals surface area contributed by atoms with Gasteiger partial charge in [-0.2, -0.15) is 0 Å². The molecule has 0 aliphatic heterocycles. The molecule has 94 valence electrons. The van der Waals surface area contributed by atoms with Crippen LogP contribution in [0.2, 0.25) is 0 Å². The number of rotatable bonds is 3. The van der Waals surface area contributed by atoms with Gasteiger partial charge in [0.15, 0.2) is 11.6 Å². The van der Waals surface area contributed by atoms with E-state index in [4.69, 9.17) is 4.42 Å². The average molecular weight is 252 g/mol. The summed E-state index contributed by atoms with van der Waals surface area (Å²) < 4.78 is 36.9. The molecule has 18 heavy (non-hydrogen) atoms. The predicted molar refractivity (Wildman–Crippen MR) is 59.8 cm³/mol. The number of carbonyl (C=O) groups excluding carboxylic acids is 1. The summed E-state index contributed by atoms with van der Waals surface area (Å²) in [6, 6.07) is 5.82. The molecule has 0 aliphatic rings. The van der Waals surface area contributed by atoms with Crippen LogP contribution in [0.4, 0.5) is 8.78 Å². The molecule has 3 nitrogen and oxygen atoms in total. The van der Waals surface area contributed by atoms with Gasteiger partial charge in [-0.25, -0.2) is 8.78 Å². The van der Waals surface area contributed by atoms with Crippen molar-refractivity contribution in [1.29, 1.82) is 0 Å². The summed E-state index contributed by atoms with van der Waals surface area (Å²) in [5.74, 6) is -2.49. The van der Waals surface area contributed by atoms with Crippen molar-refractivity contribution in [2.24, 2.45) is 0 Å². The van der Waals surface area contributed by atoms with E-state index in [0.717, 1.165) is 0 Å². The molecule has 0 saturated heterocycles. The normalized spacial score (nSPS) is 10.4. The zero-order chi connectivity index (χ0) is 13.1. The fourth-order valence-corrected chi connectivity index (χ4v) is 1.58. The standard InChI is InChI=1S/C13H10F2O3/c1-17-11(16)7-8-4-5-9(13(15)12(8)14)10-3-2-6-18-10/h2-6H,7H2,1H3. The Labute approximate surface area is 102 Å². The van der Waals surface area contributed by atoms with Crippen molar-refractivity contribution in [3.8, 4) is 11.3 Å². The van der Waals surface area contributed by atoms with Crippen LogP contribution in [0.15, 0.2) is 34.9 Å². The highest BCUT2D eigenvalue weighted by molar-refractivity contribution is 5.73. The molecule has 5 heteroatoms. The molecule has 1 aromatic heterocycles. The minimum absolute atomic E-state index is 0.0196. The predicted octanol–water partition coefficient (Wildman–Crippen LogP) is 2.94. The summed E-state index contributed by atoms with van der Waals surface area (Å²) in [7, 11) is 1.19. The number of carbonyl (C=O) groups is 1. The maximum Gasteiger partial charge on any atom is 0.310 e. The molecular formula is C13H10F2O3. The average Bonchev–Trinajstić information content (AvgIpc) is 2.88. The molecule has 2 aromatic rings. The summed E-state index contributed by atoms with van der Waals surface area (Å²) in [5, 5.41) is 0. The first kappa shape index (κ1) is 12.3. The first-order valence-electron chi connectivity index (χ1n) is 5.21. The van der Waals surface area contributed by atoms with Crippen LogP contribution in [-0.2, 0) is 16.0 Å². The van der Waals surface area contributed by atoms with E-state index in [0.29, 0.717) is 0 Å². The number of ether oxygens (including phenoxy) is 1. The Morgan fingerprint density at radius 1 is 1.28 bits per heavy atom. The first-order chi connectivity index (χ1) is 8.63. The second-order valence-corrected chi connectivity index (χ2v) is 3.63. The van der Waals surface area contributed by atoms with Gasteiger partial charge in [-0.3, -0.25) is 4.79 Å². The first-order valence-corrected chi connectivity index (χ1v) is 5.21. The van der Waals surface area contributed by atoms with E-state index < -0.39 is 17.6 Å². The number of hydrogen-bond donors (Lipinski definition) is 0. The van der Waals surface area contributed by atoms with Gasteiger partial charge in [-0.05, 0) is 18.2 Å². The fraction of sp³-hybridized carbons (Fsp3) is 0.154. The number of furan rings is 1. The molecule has 0 saturated carbocycles. The lowest BCUT2D eigenvalue weighted by atomic mass is 10.1. The zero-order valence-corrected chi connectivity index (χ0v) is 9.57. The van der Waals surface area contributed by atoms with Crippen LogP contribution in [-0.4, -0.2) is 13.1 Å². The molecule has 1 heterocycles. The van der Waals surface area contributed by atoms with E-state index in [-0.39, 0.29) is 23.3 Å². The minimum atomic E-state index is -1.06. The van der Waals surface area contributed by atoms with Crippen molar-refractivity contribution in [2.45, 2.75) is 6.42 Å². The molecule has 0 amide bonds. The molecular weight excluding hydrogens is 242 g/mol. The summed E-state index contributed by atoms with van der Waals surface area (Å²) in [5.41, 5.74) is -0.0271. The summed E-state index contributed by atoms with van der Waals surface area (Å²) in [6.07, 6.45) is 1.06. The Morgan fingerprint density at radius 3 is 2.67 bits per heavy atom. The third kappa shape index (κ3) is 2.25. The maximum atomic E-state index is 13.8. The number of hydrogen-bond acceptors (Lipinski definition) is 3. The quantitative estimate of drug-likeness (QED) is 0.788. The van der Waals surface area contributed by atoms with Gasteiger partial charge in [0.05, 0.1) is 25.4 Å². The van der Waals surface area contributed by atoms with Crippen molar-refractivity contribution in [3.63, 3.8) is 0 Å². The molecule has 1 aromatic carbocycles. The largest absolute Gasteiger partial charge is 0.469 e. The van der Waals surface area contributed by atoms with E-state index in [9.17, 15) is 13.6 Å². The maximum absolute atomic E-state index is 13.8. The van der Waals surface area contributed by atoms with Crippen molar-refractivity contribution < 1.29 is 22.7 Å². The smallest absolute Gasteiger partial charge is 0.310 e. The Bertz CT molecular complexity index is 562. The Balaban J connectivity index is 2.39. The molecule has 0 radical (unpaired) electrons. The molecule has 0 atom stereocenters. The monoisotopic (exact) mass is 252 g/mol. The van der Waals surface area contributed by atoms with Crippen molar-refractivity contribution in [3.05, 3.63) is 47.7 Å². The summed E-state index contributed by atoms with van der Waals surface area (Å²) in [6.45, 7) is 0. The third-order valence-corrected chi connectivity index (χ3v) is 2.51. The lowest BCUT2D eigenvalue weighted by molar-refractivity contribution is -0.139. The lowest BCUT2D eigenvalue weighted by Gasteiger charge is -2.06. The number of benzene rings is 1. The van der Waals surface area contributed by atoms with Crippen molar-refractivity contribution >= 4 is 5.97 Å². The van der Waals surface area contributed by atoms with Gasteiger partial charge in [-0.1, -0.05) is 6.07 Å². The van der Waals surface area contributed by atoms with Gasteiger partial charge in [0.1, 0.15) is 5.76 Å². The van der Waals surface area contributed by atoms with Gasteiger partial charge in [-0.15, -0.1) is 0 Å². The third-order valence-electron chi connectivity index (χ3n) is 2.51. The van der Waals surface area contributed by atoms with Gasteiger partial charge >= 0.3 is 5.97 Å². The van der Waals surface area contributed by atoms with E-state index in [2.05, 4.69) is 4.74 Å². The highest BCUT2D eigenvalue weighted by Gasteiger charge is 2.17. The molecule has 0 spiro atoms. The summed E-state index contributed by atoms with van der Waals surface area (Å²) in [4.78, 5) is 11.0. The molecule has 0 N–H and O–H groups in total. The van der Waals surface area contributed by atoms with E-state index in [1.807, 2.05) is 0 Å². The van der Waals surface area contributed by atoms with E-state index in [1.54, 1.807) is 6.07 Å². The Hall–Kier alpha value is -2.17. The number of methoxy groups -OCH3 is 1. The topological polar surface area (TPSA) is 39.4 Å². The van der Waals surface area contributed by atoms with Crippen LogP contribution >= 0.6 is 0 Å². The molecule has 0 aliphatic carbocycles. The van der Waals surface area contributed by atoms with Crippen LogP contribution in [0.1, 0.15) is 5.56 Å². The Morgan fingerprint density at radius 2 is 2.06 bits per heavy atom. The fourth-order valence-electron chi connectivity index (χ4n) is 1.58. The molecule has 0 unspecified atom stereocenters. The number of halogens is 2. The van der Waals surface area contributed by atoms with E-state index >= 15 is 0 Å². The Kier molecular flexibility index (Phi) is 3.41. The number of esters is 1. The lowest BCUT2D eigenvalue weighted by Crippen LogP contribution is -2.07. The van der Waals surface area contributed by atoms with Gasteiger partial charge in [0.25, 0.3) is 0 Å². The van der Waals surface area contributed by atoms with Crippen LogP contribution in [0.5, 0.6) is 0 Å². The van der Waals surface area contributed by atoms with Crippen LogP contribution in [0, 0.1) is 11.6 Å². The molecule has 0 fully saturated rings. The SMILES string of the molecule is COC(=O)Cc1ccc(-c2ccco2)c(F)c1F. The van der Waals surface area contributed by atoms with Crippen LogP contribution in [0.25, 0.3) is 11.3 Å². The van der Waals surface area contributed by atoms with E-state index in [1.165, 1.54) is 31.6 Å². The summed E-state index contributed by atoms with van der Waals surface area (Å²) >= 11 is 0. The van der Waals surface area contributed by atoms with Crippen LogP contribution < -0.4 is 0 Å². The van der Waals surface area contributed by atoms with Crippen molar-refractivity contribution in [2.75, 3.05) is 7.11 Å². The second kappa shape index (κ2) is 5.00. The van der Waals surface area contributed by atoms with Gasteiger partial charge in [0, 0.05) is 5.56 Å². The molecule has 2 rings (SSSR count).